The van der Waals surface area contributed by atoms with Gasteiger partial charge in [0.15, 0.2) is 0 Å². The Hall–Kier alpha value is -1.33. The second kappa shape index (κ2) is 8.47. The Bertz CT molecular complexity index is 852. The van der Waals surface area contributed by atoms with Gasteiger partial charge in [-0.3, -0.25) is 4.79 Å². The first-order valence-corrected chi connectivity index (χ1v) is 12.5. The summed E-state index contributed by atoms with van der Waals surface area (Å²) in [6.45, 7) is 3.13. The van der Waals surface area contributed by atoms with Crippen molar-refractivity contribution in [3.63, 3.8) is 0 Å². The predicted molar refractivity (Wildman–Crippen MR) is 118 cm³/mol. The maximum Gasteiger partial charge on any atom is 0.133 e. The van der Waals surface area contributed by atoms with Crippen LogP contribution in [0.5, 0.6) is 0 Å². The number of aliphatic hydroxyl groups is 1. The van der Waals surface area contributed by atoms with Gasteiger partial charge in [-0.2, -0.15) is 0 Å². The minimum Gasteiger partial charge on any atom is -0.393 e. The van der Waals surface area contributed by atoms with Gasteiger partial charge in [0, 0.05) is 30.9 Å². The topological polar surface area (TPSA) is 46.5 Å². The molecule has 32 heavy (non-hydrogen) atoms. The molecule has 1 aromatic carbocycles. The molecule has 0 unspecified atom stereocenters. The zero-order chi connectivity index (χ0) is 22.5. The van der Waals surface area contributed by atoms with Crippen LogP contribution in [0.15, 0.2) is 18.2 Å². The predicted octanol–water partition coefficient (Wildman–Crippen LogP) is 5.82. The number of ketones is 1. The second-order valence-corrected chi connectivity index (χ2v) is 11.3. The number of rotatable bonds is 5. The zero-order valence-electron chi connectivity index (χ0n) is 19.1. The van der Waals surface area contributed by atoms with Crippen molar-refractivity contribution in [1.29, 1.82) is 0 Å². The first-order chi connectivity index (χ1) is 15.3. The van der Waals surface area contributed by atoms with Crippen molar-refractivity contribution in [2.45, 2.75) is 83.8 Å². The van der Waals surface area contributed by atoms with Gasteiger partial charge < -0.3 is 9.84 Å². The molecule has 3 nitrogen and oxygen atoms in total. The Morgan fingerprint density at radius 1 is 1.03 bits per heavy atom. The largest absolute Gasteiger partial charge is 0.393 e. The first kappa shape index (κ1) is 22.5. The fraction of sp³-hybridized carbons (Fsp3) is 0.741. The summed E-state index contributed by atoms with van der Waals surface area (Å²) in [5.74, 6) is 1.63. The monoisotopic (exact) mass is 446 g/mol. The van der Waals surface area contributed by atoms with E-state index in [1.54, 1.807) is 0 Å². The van der Waals surface area contributed by atoms with Crippen LogP contribution in [-0.2, 0) is 16.1 Å². The molecule has 4 saturated carbocycles. The highest BCUT2D eigenvalue weighted by Crippen LogP contribution is 2.66. The van der Waals surface area contributed by atoms with Gasteiger partial charge in [0.05, 0.1) is 12.7 Å². The summed E-state index contributed by atoms with van der Waals surface area (Å²) in [5, 5.41) is 11.1. The molecule has 0 aromatic heterocycles. The zero-order valence-corrected chi connectivity index (χ0v) is 19.1. The minimum atomic E-state index is -0.583. The number of carbonyl (C=O) groups is 1. The Labute approximate surface area is 189 Å². The number of Topliss-reactive ketones (excluding diaryl/α,β-unsaturated/α-hetero) is 1. The molecule has 0 amide bonds. The third kappa shape index (κ3) is 3.73. The van der Waals surface area contributed by atoms with Gasteiger partial charge in [-0.25, -0.2) is 8.78 Å². The van der Waals surface area contributed by atoms with E-state index in [0.29, 0.717) is 41.6 Å². The van der Waals surface area contributed by atoms with Crippen molar-refractivity contribution in [1.82, 2.24) is 0 Å². The summed E-state index contributed by atoms with van der Waals surface area (Å²) in [5.41, 5.74) is 0.682. The molecule has 5 rings (SSSR count). The second-order valence-electron chi connectivity index (χ2n) is 11.3. The van der Waals surface area contributed by atoms with Crippen molar-refractivity contribution in [2.75, 3.05) is 6.61 Å². The maximum absolute atomic E-state index is 13.4. The van der Waals surface area contributed by atoms with Crippen LogP contribution in [0.2, 0.25) is 0 Å². The smallest absolute Gasteiger partial charge is 0.133 e. The van der Waals surface area contributed by atoms with Crippen LogP contribution in [0, 0.1) is 46.1 Å². The summed E-state index contributed by atoms with van der Waals surface area (Å²) in [6, 6.07) is 3.50. The van der Waals surface area contributed by atoms with Gasteiger partial charge in [-0.1, -0.05) is 6.92 Å². The number of hydrogen-bond acceptors (Lipinski definition) is 3. The van der Waals surface area contributed by atoms with Crippen LogP contribution in [-0.4, -0.2) is 23.6 Å². The Balaban J connectivity index is 1.27. The Morgan fingerprint density at radius 3 is 2.59 bits per heavy atom. The molecular formula is C27H36F2O3. The number of carbonyl (C=O) groups excluding carboxylic acids is 1. The van der Waals surface area contributed by atoms with Gasteiger partial charge in [0.2, 0.25) is 0 Å². The Morgan fingerprint density at radius 2 is 1.81 bits per heavy atom. The molecule has 7 atom stereocenters. The van der Waals surface area contributed by atoms with Crippen LogP contribution in [0.1, 0.15) is 76.7 Å². The molecule has 0 radical (unpaired) electrons. The lowest BCUT2D eigenvalue weighted by atomic mass is 9.44. The SMILES string of the molecule is C[C@@]12CCC(=O)C[C@H]1CC[C@H]1[C@H]2CC[C@@]2(CCOCc3cc(F)cc(F)c3)[C@H](O)CC[C@H]12. The number of fused-ring (bicyclic) bond motifs is 5. The van der Waals surface area contributed by atoms with Crippen LogP contribution >= 0.6 is 0 Å². The van der Waals surface area contributed by atoms with E-state index in [4.69, 9.17) is 4.74 Å². The van der Waals surface area contributed by atoms with Gasteiger partial charge in [0.25, 0.3) is 0 Å². The van der Waals surface area contributed by atoms with Gasteiger partial charge in [-0.05, 0) is 98.1 Å². The number of ether oxygens (including phenoxy) is 1. The molecular weight excluding hydrogens is 410 g/mol. The van der Waals surface area contributed by atoms with Crippen molar-refractivity contribution in [3.05, 3.63) is 35.4 Å². The van der Waals surface area contributed by atoms with E-state index in [9.17, 15) is 18.7 Å². The third-order valence-electron chi connectivity index (χ3n) is 10.1. The van der Waals surface area contributed by atoms with E-state index in [1.165, 1.54) is 18.6 Å². The molecule has 176 valence electrons. The molecule has 4 aliphatic rings. The van der Waals surface area contributed by atoms with Crippen LogP contribution in [0.4, 0.5) is 8.78 Å². The van der Waals surface area contributed by atoms with E-state index in [-0.39, 0.29) is 23.5 Å². The average molecular weight is 447 g/mol. The van der Waals surface area contributed by atoms with E-state index >= 15 is 0 Å². The minimum absolute atomic E-state index is 0.0952. The highest BCUT2D eigenvalue weighted by atomic mass is 19.1. The number of aliphatic hydroxyl groups excluding tert-OH is 1. The van der Waals surface area contributed by atoms with E-state index in [2.05, 4.69) is 6.92 Å². The lowest BCUT2D eigenvalue weighted by Gasteiger charge is -2.60. The van der Waals surface area contributed by atoms with E-state index in [1.807, 2.05) is 0 Å². The normalized spacial score (nSPS) is 41.1. The average Bonchev–Trinajstić information content (AvgIpc) is 3.08. The molecule has 4 fully saturated rings. The highest BCUT2D eigenvalue weighted by Gasteiger charge is 2.61. The fourth-order valence-electron chi connectivity index (χ4n) is 8.45. The summed E-state index contributed by atoms with van der Waals surface area (Å²) < 4.78 is 32.7. The fourth-order valence-corrected chi connectivity index (χ4v) is 8.45. The standard InChI is InChI=1S/C27H36F2O3/c1-26-8-6-21(30)14-18(26)2-3-22-23(26)7-9-27(24(22)4-5-25(27)31)10-11-32-16-17-12-19(28)15-20(29)13-17/h12-13,15,18,22-25,31H,2-11,14,16H2,1H3/t18-,22+,23-,24-,25-,26-,27+/m1/s1. The molecule has 0 bridgehead atoms. The summed E-state index contributed by atoms with van der Waals surface area (Å²) in [4.78, 5) is 12.1. The molecule has 0 aliphatic heterocycles. The lowest BCUT2D eigenvalue weighted by molar-refractivity contribution is -0.147. The summed E-state index contributed by atoms with van der Waals surface area (Å²) >= 11 is 0. The van der Waals surface area contributed by atoms with Crippen LogP contribution in [0.3, 0.4) is 0 Å². The number of hydrogen-bond donors (Lipinski definition) is 1. The highest BCUT2D eigenvalue weighted by molar-refractivity contribution is 5.79. The van der Waals surface area contributed by atoms with Crippen molar-refractivity contribution >= 4 is 5.78 Å². The van der Waals surface area contributed by atoms with E-state index < -0.39 is 11.6 Å². The number of halogens is 2. The molecule has 1 aromatic rings. The lowest BCUT2D eigenvalue weighted by Crippen LogP contribution is -2.55. The van der Waals surface area contributed by atoms with Crippen molar-refractivity contribution < 1.29 is 23.4 Å². The summed E-state index contributed by atoms with van der Waals surface area (Å²) in [6.07, 6.45) is 9.49. The molecule has 0 saturated heterocycles. The van der Waals surface area contributed by atoms with Crippen LogP contribution < -0.4 is 0 Å². The molecule has 0 spiro atoms. The Kier molecular flexibility index (Phi) is 5.94. The van der Waals surface area contributed by atoms with Crippen molar-refractivity contribution in [3.8, 4) is 0 Å². The summed E-state index contributed by atoms with van der Waals surface area (Å²) in [7, 11) is 0. The van der Waals surface area contributed by atoms with Gasteiger partial charge in [-0.15, -0.1) is 0 Å². The first-order valence-electron chi connectivity index (χ1n) is 12.5. The third-order valence-corrected chi connectivity index (χ3v) is 10.1. The molecule has 5 heteroatoms. The quantitative estimate of drug-likeness (QED) is 0.580. The maximum atomic E-state index is 13.4. The van der Waals surface area contributed by atoms with Gasteiger partial charge >= 0.3 is 0 Å². The molecule has 4 aliphatic carbocycles. The molecule has 0 heterocycles. The number of benzene rings is 1. The van der Waals surface area contributed by atoms with Crippen molar-refractivity contribution in [2.24, 2.45) is 34.5 Å². The van der Waals surface area contributed by atoms with Gasteiger partial charge in [0.1, 0.15) is 17.4 Å². The van der Waals surface area contributed by atoms with E-state index in [0.717, 1.165) is 63.9 Å². The molecule has 1 N–H and O–H groups in total. The van der Waals surface area contributed by atoms with Crippen LogP contribution in [0.25, 0.3) is 0 Å².